The van der Waals surface area contributed by atoms with E-state index in [1.54, 1.807) is 6.08 Å². The molecule has 0 bridgehead atoms. The molecule has 6 nitrogen and oxygen atoms in total. The van der Waals surface area contributed by atoms with Crippen LogP contribution in [-0.4, -0.2) is 33.5 Å². The van der Waals surface area contributed by atoms with Gasteiger partial charge in [0.25, 0.3) is 5.91 Å². The molecule has 3 N–H and O–H groups in total. The van der Waals surface area contributed by atoms with E-state index in [1.165, 1.54) is 24.6 Å². The van der Waals surface area contributed by atoms with E-state index in [9.17, 15) is 9.59 Å². The number of rotatable bonds is 3. The number of nitrogens with zero attached hydrogens (tertiary/aromatic N) is 2. The Labute approximate surface area is 129 Å². The highest BCUT2D eigenvalue weighted by Crippen LogP contribution is 2.32. The summed E-state index contributed by atoms with van der Waals surface area (Å²) in [4.78, 5) is 26.0. The molecule has 22 heavy (non-hydrogen) atoms. The molecule has 2 fully saturated rings. The van der Waals surface area contributed by atoms with Crippen LogP contribution in [0, 0.1) is 0 Å². The molecule has 1 unspecified atom stereocenters. The highest BCUT2D eigenvalue weighted by Gasteiger charge is 2.31. The third-order valence-electron chi connectivity index (χ3n) is 4.63. The van der Waals surface area contributed by atoms with Crippen LogP contribution in [0.4, 0.5) is 0 Å². The number of nitrogens with two attached hydrogens (primary N) is 1. The van der Waals surface area contributed by atoms with Gasteiger partial charge >= 0.3 is 0 Å². The molecule has 2 amide bonds. The van der Waals surface area contributed by atoms with E-state index in [2.05, 4.69) is 10.2 Å². The van der Waals surface area contributed by atoms with Crippen molar-refractivity contribution in [2.24, 2.45) is 5.73 Å². The number of carbonyl (C=O) groups excluding carboxylic acids is 2. The Balaban J connectivity index is 1.84. The third-order valence-corrected chi connectivity index (χ3v) is 4.63. The first-order chi connectivity index (χ1) is 10.7. The second-order valence-corrected chi connectivity index (χ2v) is 6.11. The molecule has 118 valence electrons. The maximum absolute atomic E-state index is 12.6. The molecule has 6 heteroatoms. The number of allylic oxidation sites excluding steroid dienone is 1. The second kappa shape index (κ2) is 6.34. The molecule has 2 aliphatic rings. The minimum atomic E-state index is -0.504. The van der Waals surface area contributed by atoms with Gasteiger partial charge in [0.15, 0.2) is 0 Å². The zero-order valence-electron chi connectivity index (χ0n) is 12.7. The maximum Gasteiger partial charge on any atom is 0.252 e. The lowest BCUT2D eigenvalue weighted by atomic mass is 9.96. The van der Waals surface area contributed by atoms with Crippen molar-refractivity contribution in [3.05, 3.63) is 29.1 Å². The van der Waals surface area contributed by atoms with E-state index in [0.29, 0.717) is 17.8 Å². The van der Waals surface area contributed by atoms with Gasteiger partial charge in [0.1, 0.15) is 0 Å². The Morgan fingerprint density at radius 2 is 2.05 bits per heavy atom. The van der Waals surface area contributed by atoms with Crippen LogP contribution in [0.3, 0.4) is 0 Å². The summed E-state index contributed by atoms with van der Waals surface area (Å²) in [5, 5.41) is 6.81. The van der Waals surface area contributed by atoms with Gasteiger partial charge in [-0.1, -0.05) is 5.57 Å². The quantitative estimate of drug-likeness (QED) is 0.837. The number of primary amides is 1. The van der Waals surface area contributed by atoms with Gasteiger partial charge in [0.05, 0.1) is 23.5 Å². The second-order valence-electron chi connectivity index (χ2n) is 6.11. The predicted octanol–water partition coefficient (Wildman–Crippen LogP) is 2.06. The predicted molar refractivity (Wildman–Crippen MR) is 82.0 cm³/mol. The zero-order chi connectivity index (χ0) is 15.5. The van der Waals surface area contributed by atoms with Crippen LogP contribution in [0.2, 0.25) is 0 Å². The minimum Gasteiger partial charge on any atom is -0.365 e. The fourth-order valence-electron chi connectivity index (χ4n) is 3.47. The van der Waals surface area contributed by atoms with Gasteiger partial charge < -0.3 is 10.6 Å². The number of H-pyrrole nitrogens is 1. The van der Waals surface area contributed by atoms with Crippen molar-refractivity contribution in [1.29, 1.82) is 0 Å². The van der Waals surface area contributed by atoms with Gasteiger partial charge in [0.2, 0.25) is 5.91 Å². The van der Waals surface area contributed by atoms with Crippen molar-refractivity contribution in [3.63, 3.8) is 0 Å². The molecule has 1 aromatic heterocycles. The maximum atomic E-state index is 12.6. The first kappa shape index (κ1) is 14.8. The largest absolute Gasteiger partial charge is 0.365 e. The van der Waals surface area contributed by atoms with Crippen LogP contribution < -0.4 is 5.73 Å². The Hall–Kier alpha value is -2.11. The fraction of sp³-hybridized carbons (Fsp3) is 0.562. The molecular formula is C16H22N4O2. The topological polar surface area (TPSA) is 92.1 Å². The summed E-state index contributed by atoms with van der Waals surface area (Å²) < 4.78 is 0. The van der Waals surface area contributed by atoms with Crippen LogP contribution in [0.5, 0.6) is 0 Å². The minimum absolute atomic E-state index is 0.0478. The summed E-state index contributed by atoms with van der Waals surface area (Å²) in [6.45, 7) is 0.713. The molecule has 0 radical (unpaired) electrons. The van der Waals surface area contributed by atoms with Gasteiger partial charge in [-0.2, -0.15) is 5.10 Å². The van der Waals surface area contributed by atoms with Gasteiger partial charge in [-0.25, -0.2) is 0 Å². The van der Waals surface area contributed by atoms with Crippen LogP contribution in [-0.2, 0) is 4.79 Å². The summed E-state index contributed by atoms with van der Waals surface area (Å²) in [5.41, 5.74) is 7.71. The number of piperidine rings is 1. The molecule has 1 saturated carbocycles. The van der Waals surface area contributed by atoms with E-state index in [4.69, 9.17) is 5.73 Å². The molecule has 2 heterocycles. The Morgan fingerprint density at radius 1 is 1.27 bits per heavy atom. The van der Waals surface area contributed by atoms with Gasteiger partial charge in [0, 0.05) is 12.6 Å². The monoisotopic (exact) mass is 302 g/mol. The molecule has 0 aromatic carbocycles. The van der Waals surface area contributed by atoms with E-state index >= 15 is 0 Å². The Morgan fingerprint density at radius 3 is 2.77 bits per heavy atom. The molecule has 1 saturated heterocycles. The first-order valence-corrected chi connectivity index (χ1v) is 8.00. The average molecular weight is 302 g/mol. The van der Waals surface area contributed by atoms with E-state index in [0.717, 1.165) is 32.1 Å². The summed E-state index contributed by atoms with van der Waals surface area (Å²) in [6.07, 6.45) is 10.5. The standard InChI is InChI=1S/C16H22N4O2/c17-16(22)12-10-18-19-15(12)13-7-3-4-8-20(13)14(21)9-11-5-1-2-6-11/h9-10,13H,1-8H2,(H2,17,22)(H,18,19). The highest BCUT2D eigenvalue weighted by molar-refractivity contribution is 5.94. The van der Waals surface area contributed by atoms with Gasteiger partial charge in [-0.05, 0) is 44.9 Å². The van der Waals surface area contributed by atoms with E-state index in [1.807, 2.05) is 4.90 Å². The van der Waals surface area contributed by atoms with Crippen molar-refractivity contribution in [2.75, 3.05) is 6.54 Å². The summed E-state index contributed by atoms with van der Waals surface area (Å²) in [5.74, 6) is -0.456. The lowest BCUT2D eigenvalue weighted by Gasteiger charge is -2.35. The van der Waals surface area contributed by atoms with Crippen LogP contribution >= 0.6 is 0 Å². The number of hydrogen-bond donors (Lipinski definition) is 2. The summed E-state index contributed by atoms with van der Waals surface area (Å²) in [7, 11) is 0. The number of likely N-dealkylation sites (tertiary alicyclic amines) is 1. The first-order valence-electron chi connectivity index (χ1n) is 8.00. The van der Waals surface area contributed by atoms with Crippen LogP contribution in [0.15, 0.2) is 17.8 Å². The zero-order valence-corrected chi connectivity index (χ0v) is 12.7. The van der Waals surface area contributed by atoms with Gasteiger partial charge in [-0.15, -0.1) is 0 Å². The van der Waals surface area contributed by atoms with Crippen molar-refractivity contribution in [1.82, 2.24) is 15.1 Å². The van der Waals surface area contributed by atoms with Crippen molar-refractivity contribution >= 4 is 11.8 Å². The molecule has 1 aromatic rings. The Kier molecular flexibility index (Phi) is 4.27. The number of hydrogen-bond acceptors (Lipinski definition) is 3. The lowest BCUT2D eigenvalue weighted by Crippen LogP contribution is -2.38. The van der Waals surface area contributed by atoms with Gasteiger partial charge in [-0.3, -0.25) is 14.7 Å². The molecule has 0 spiro atoms. The number of amides is 2. The smallest absolute Gasteiger partial charge is 0.252 e. The molecule has 1 aliphatic heterocycles. The fourth-order valence-corrected chi connectivity index (χ4v) is 3.47. The summed E-state index contributed by atoms with van der Waals surface area (Å²) >= 11 is 0. The average Bonchev–Trinajstić information content (AvgIpc) is 3.18. The number of aromatic nitrogens is 2. The van der Waals surface area contributed by atoms with Crippen molar-refractivity contribution in [3.8, 4) is 0 Å². The molecular weight excluding hydrogens is 280 g/mol. The van der Waals surface area contributed by atoms with Crippen LogP contribution in [0.25, 0.3) is 0 Å². The van der Waals surface area contributed by atoms with E-state index in [-0.39, 0.29) is 11.9 Å². The molecule has 1 aliphatic carbocycles. The number of aromatic amines is 1. The summed E-state index contributed by atoms with van der Waals surface area (Å²) in [6, 6.07) is -0.135. The number of nitrogens with one attached hydrogen (secondary N) is 1. The number of carbonyl (C=O) groups is 2. The lowest BCUT2D eigenvalue weighted by molar-refractivity contribution is -0.129. The third kappa shape index (κ3) is 2.91. The SMILES string of the molecule is NC(=O)c1cn[nH]c1C1CCCCN1C(=O)C=C1CCCC1. The molecule has 3 rings (SSSR count). The Bertz CT molecular complexity index is 597. The van der Waals surface area contributed by atoms with Crippen LogP contribution in [0.1, 0.15) is 67.0 Å². The normalized spacial score (nSPS) is 21.9. The van der Waals surface area contributed by atoms with Crippen molar-refractivity contribution in [2.45, 2.75) is 51.0 Å². The van der Waals surface area contributed by atoms with Crippen molar-refractivity contribution < 1.29 is 9.59 Å². The highest BCUT2D eigenvalue weighted by atomic mass is 16.2. The molecule has 1 atom stereocenters. The van der Waals surface area contributed by atoms with E-state index < -0.39 is 5.91 Å².